The van der Waals surface area contributed by atoms with Crippen molar-refractivity contribution in [3.8, 4) is 16.9 Å². The number of hydrogen-bond donors (Lipinski definition) is 3. The molecule has 3 aromatic rings. The average molecular weight is 505 g/mol. The third-order valence-corrected chi connectivity index (χ3v) is 8.08. The van der Waals surface area contributed by atoms with Crippen LogP contribution in [-0.2, 0) is 20.5 Å². The molecule has 0 unspecified atom stereocenters. The molecule has 12 heteroatoms. The minimum atomic E-state index is -3.50. The molecular weight excluding hydrogens is 480 g/mol. The molecule has 10 nitrogen and oxygen atoms in total. The first-order chi connectivity index (χ1) is 16.1. The SMILES string of the molecule is CS(=O)(=O)Nc1cccc(-n2nc(C(=O)N3CCOCC3)c3c2-c2ccccc2S(O)(O)C3)c1. The Balaban J connectivity index is 1.71. The van der Waals surface area contributed by atoms with Crippen LogP contribution >= 0.6 is 10.6 Å². The summed E-state index contributed by atoms with van der Waals surface area (Å²) in [7, 11) is -6.68. The second-order valence-electron chi connectivity index (χ2n) is 8.22. The van der Waals surface area contributed by atoms with E-state index in [0.29, 0.717) is 59.4 Å². The predicted octanol–water partition coefficient (Wildman–Crippen LogP) is 3.01. The first-order valence-electron chi connectivity index (χ1n) is 10.6. The first-order valence-corrected chi connectivity index (χ1v) is 14.2. The fourth-order valence-corrected chi connectivity index (χ4v) is 6.48. The number of rotatable bonds is 4. The van der Waals surface area contributed by atoms with Gasteiger partial charge in [0.05, 0.1) is 47.2 Å². The van der Waals surface area contributed by atoms with Crippen LogP contribution in [0, 0.1) is 0 Å². The highest BCUT2D eigenvalue weighted by Gasteiger charge is 2.37. The highest BCUT2D eigenvalue weighted by Crippen LogP contribution is 2.59. The van der Waals surface area contributed by atoms with E-state index in [9.17, 15) is 22.3 Å². The van der Waals surface area contributed by atoms with Gasteiger partial charge in [-0.25, -0.2) is 13.1 Å². The molecule has 0 saturated carbocycles. The number of fused-ring (bicyclic) bond motifs is 3. The van der Waals surface area contributed by atoms with Gasteiger partial charge in [-0.1, -0.05) is 24.3 Å². The predicted molar refractivity (Wildman–Crippen MR) is 129 cm³/mol. The molecule has 2 aromatic carbocycles. The molecule has 0 atom stereocenters. The van der Waals surface area contributed by atoms with Gasteiger partial charge in [-0.15, -0.1) is 0 Å². The minimum Gasteiger partial charge on any atom is -0.378 e. The fraction of sp³-hybridized carbons (Fsp3) is 0.273. The second-order valence-corrected chi connectivity index (χ2v) is 12.0. The monoisotopic (exact) mass is 504 g/mol. The summed E-state index contributed by atoms with van der Waals surface area (Å²) >= 11 is 0. The lowest BCUT2D eigenvalue weighted by Crippen LogP contribution is -2.41. The molecule has 1 aromatic heterocycles. The zero-order chi connectivity index (χ0) is 24.1. The van der Waals surface area contributed by atoms with Crippen molar-refractivity contribution in [2.75, 3.05) is 37.3 Å². The van der Waals surface area contributed by atoms with Crippen molar-refractivity contribution >= 4 is 32.2 Å². The summed E-state index contributed by atoms with van der Waals surface area (Å²) in [5, 5.41) is 4.64. The van der Waals surface area contributed by atoms with Gasteiger partial charge in [-0.3, -0.25) is 18.6 Å². The van der Waals surface area contributed by atoms with Gasteiger partial charge in [0.1, 0.15) is 0 Å². The van der Waals surface area contributed by atoms with Crippen molar-refractivity contribution in [3.63, 3.8) is 0 Å². The van der Waals surface area contributed by atoms with Gasteiger partial charge in [0.2, 0.25) is 10.0 Å². The zero-order valence-electron chi connectivity index (χ0n) is 18.3. The number of morpholine rings is 1. The van der Waals surface area contributed by atoms with Gasteiger partial charge in [0, 0.05) is 24.2 Å². The number of nitrogens with one attached hydrogen (secondary N) is 1. The lowest BCUT2D eigenvalue weighted by molar-refractivity contribution is 0.0298. The van der Waals surface area contributed by atoms with E-state index in [2.05, 4.69) is 9.82 Å². The molecule has 1 fully saturated rings. The van der Waals surface area contributed by atoms with E-state index < -0.39 is 20.6 Å². The van der Waals surface area contributed by atoms with E-state index in [1.807, 2.05) is 0 Å². The third kappa shape index (κ3) is 4.18. The number of ether oxygens (including phenoxy) is 1. The van der Waals surface area contributed by atoms with E-state index in [1.165, 1.54) is 0 Å². The van der Waals surface area contributed by atoms with Crippen LogP contribution in [0.5, 0.6) is 0 Å². The Morgan fingerprint density at radius 2 is 1.85 bits per heavy atom. The lowest BCUT2D eigenvalue weighted by Gasteiger charge is -2.38. The van der Waals surface area contributed by atoms with Gasteiger partial charge < -0.3 is 9.64 Å². The smallest absolute Gasteiger partial charge is 0.274 e. The average Bonchev–Trinajstić information content (AvgIpc) is 3.17. The fourth-order valence-electron chi connectivity index (χ4n) is 4.28. The topological polar surface area (TPSA) is 134 Å². The van der Waals surface area contributed by atoms with E-state index in [0.717, 1.165) is 6.26 Å². The van der Waals surface area contributed by atoms with Gasteiger partial charge in [-0.05, 0) is 24.3 Å². The summed E-state index contributed by atoms with van der Waals surface area (Å²) < 4.78 is 54.7. The van der Waals surface area contributed by atoms with Crippen LogP contribution in [0.25, 0.3) is 16.9 Å². The number of hydrogen-bond acceptors (Lipinski definition) is 7. The molecule has 34 heavy (non-hydrogen) atoms. The van der Waals surface area contributed by atoms with Gasteiger partial charge in [-0.2, -0.15) is 15.7 Å². The van der Waals surface area contributed by atoms with Crippen molar-refractivity contribution < 1.29 is 27.1 Å². The normalized spacial score (nSPS) is 18.0. The van der Waals surface area contributed by atoms with Crippen LogP contribution in [0.1, 0.15) is 16.1 Å². The van der Waals surface area contributed by atoms with Crippen LogP contribution in [0.15, 0.2) is 53.4 Å². The number of nitrogens with zero attached hydrogens (tertiary/aromatic N) is 3. The molecule has 3 N–H and O–H groups in total. The largest absolute Gasteiger partial charge is 0.378 e. The molecule has 3 heterocycles. The van der Waals surface area contributed by atoms with Crippen molar-refractivity contribution in [1.82, 2.24) is 14.7 Å². The van der Waals surface area contributed by atoms with Gasteiger partial charge >= 0.3 is 0 Å². The number of carbonyl (C=O) groups excluding carboxylic acids is 1. The summed E-state index contributed by atoms with van der Waals surface area (Å²) in [4.78, 5) is 15.5. The number of benzene rings is 2. The van der Waals surface area contributed by atoms with Crippen LogP contribution < -0.4 is 4.72 Å². The molecule has 5 rings (SSSR count). The Morgan fingerprint density at radius 3 is 2.59 bits per heavy atom. The van der Waals surface area contributed by atoms with E-state index >= 15 is 0 Å². The minimum absolute atomic E-state index is 0.133. The Bertz CT molecular complexity index is 1380. The van der Waals surface area contributed by atoms with Crippen LogP contribution in [0.2, 0.25) is 0 Å². The molecule has 2 aliphatic heterocycles. The number of amides is 1. The maximum atomic E-state index is 13.4. The van der Waals surface area contributed by atoms with Gasteiger partial charge in [0.25, 0.3) is 5.91 Å². The maximum Gasteiger partial charge on any atom is 0.274 e. The lowest BCUT2D eigenvalue weighted by atomic mass is 10.0. The molecule has 0 radical (unpaired) electrons. The highest BCUT2D eigenvalue weighted by atomic mass is 32.3. The third-order valence-electron chi connectivity index (χ3n) is 5.72. The maximum absolute atomic E-state index is 13.4. The molecule has 180 valence electrons. The zero-order valence-corrected chi connectivity index (χ0v) is 20.0. The van der Waals surface area contributed by atoms with E-state index in [-0.39, 0.29) is 17.4 Å². The Morgan fingerprint density at radius 1 is 1.12 bits per heavy atom. The van der Waals surface area contributed by atoms with Crippen LogP contribution in [-0.4, -0.2) is 70.7 Å². The number of carbonyl (C=O) groups is 1. The molecule has 1 saturated heterocycles. The summed E-state index contributed by atoms with van der Waals surface area (Å²) in [6, 6.07) is 13.6. The summed E-state index contributed by atoms with van der Waals surface area (Å²) in [5.74, 6) is -0.440. The van der Waals surface area contributed by atoms with Crippen molar-refractivity contribution in [1.29, 1.82) is 0 Å². The first kappa shape index (κ1) is 22.9. The number of sulfonamides is 1. The van der Waals surface area contributed by atoms with E-state index in [1.54, 1.807) is 58.1 Å². The highest BCUT2D eigenvalue weighted by molar-refractivity contribution is 8.23. The van der Waals surface area contributed by atoms with Crippen LogP contribution in [0.4, 0.5) is 5.69 Å². The molecule has 1 amide bonds. The summed E-state index contributed by atoms with van der Waals surface area (Å²) in [6.07, 6.45) is 1.07. The van der Waals surface area contributed by atoms with Crippen molar-refractivity contribution in [3.05, 3.63) is 59.8 Å². The van der Waals surface area contributed by atoms with Crippen molar-refractivity contribution in [2.45, 2.75) is 10.6 Å². The molecule has 2 aliphatic rings. The Hall–Kier alpha value is -2.90. The quantitative estimate of drug-likeness (QED) is 0.497. The summed E-state index contributed by atoms with van der Waals surface area (Å²) in [5.41, 5.74) is 2.62. The standard InChI is InChI=1S/C22H24N4O6S2/c1-33(28,29)24-15-5-4-6-16(13-15)26-21-17-7-2-3-8-19(17)34(30,31)14-18(21)20(23-26)22(27)25-9-11-32-12-10-25/h2-8,13,24,30-31H,9-12,14H2,1H3. The summed E-state index contributed by atoms with van der Waals surface area (Å²) in [6.45, 7) is 1.68. The second kappa shape index (κ2) is 8.40. The molecule has 0 bridgehead atoms. The number of anilines is 1. The number of aromatic nitrogens is 2. The van der Waals surface area contributed by atoms with Crippen LogP contribution in [0.3, 0.4) is 0 Å². The van der Waals surface area contributed by atoms with E-state index in [4.69, 9.17) is 4.74 Å². The molecule has 0 aliphatic carbocycles. The Kier molecular flexibility index (Phi) is 5.65. The van der Waals surface area contributed by atoms with Gasteiger partial charge in [0.15, 0.2) is 5.69 Å². The Labute approximate surface area is 198 Å². The molecule has 0 spiro atoms. The van der Waals surface area contributed by atoms with Crippen molar-refractivity contribution in [2.24, 2.45) is 0 Å². The molecular formula is C22H24N4O6S2.